The van der Waals surface area contributed by atoms with Gasteiger partial charge in [0.15, 0.2) is 0 Å². The summed E-state index contributed by atoms with van der Waals surface area (Å²) in [5.74, 6) is -1.19. The Bertz CT molecular complexity index is 773. The van der Waals surface area contributed by atoms with E-state index in [1.54, 1.807) is 0 Å². The molecule has 2 rings (SSSR count). The first-order valence-corrected chi connectivity index (χ1v) is 8.01. The van der Waals surface area contributed by atoms with Gasteiger partial charge in [0.25, 0.3) is 0 Å². The second-order valence-corrected chi connectivity index (χ2v) is 6.45. The quantitative estimate of drug-likeness (QED) is 0.755. The van der Waals surface area contributed by atoms with Crippen molar-refractivity contribution in [1.29, 1.82) is 0 Å². The summed E-state index contributed by atoms with van der Waals surface area (Å²) in [6.07, 6.45) is 0. The Morgan fingerprint density at radius 2 is 1.82 bits per heavy atom. The van der Waals surface area contributed by atoms with Crippen molar-refractivity contribution in [3.05, 3.63) is 59.7 Å². The van der Waals surface area contributed by atoms with Crippen LogP contribution in [0.2, 0.25) is 0 Å². The summed E-state index contributed by atoms with van der Waals surface area (Å²) in [6.45, 7) is 0.444. The van der Waals surface area contributed by atoms with Gasteiger partial charge in [-0.05, 0) is 30.8 Å². The third kappa shape index (κ3) is 3.63. The number of carboxylic acids is 1. The topological polar surface area (TPSA) is 95.5 Å². The molecule has 0 aliphatic heterocycles. The fourth-order valence-electron chi connectivity index (χ4n) is 1.93. The predicted octanol–water partition coefficient (Wildman–Crippen LogP) is 1.91. The van der Waals surface area contributed by atoms with E-state index in [0.717, 1.165) is 11.6 Å². The first kappa shape index (κ1) is 16.0. The van der Waals surface area contributed by atoms with Gasteiger partial charge in [-0.3, -0.25) is 0 Å². The highest BCUT2D eigenvalue weighted by Crippen LogP contribution is 2.21. The molecule has 0 aromatic heterocycles. The molecule has 0 heterocycles. The van der Waals surface area contributed by atoms with Gasteiger partial charge >= 0.3 is 5.97 Å². The van der Waals surface area contributed by atoms with E-state index in [4.69, 9.17) is 0 Å². The van der Waals surface area contributed by atoms with Gasteiger partial charge in [-0.2, -0.15) is 0 Å². The van der Waals surface area contributed by atoms with E-state index < -0.39 is 16.0 Å². The zero-order valence-corrected chi connectivity index (χ0v) is 12.7. The molecule has 0 spiro atoms. The number of sulfonamides is 1. The largest absolute Gasteiger partial charge is 0.478 e. The maximum Gasteiger partial charge on any atom is 0.337 e. The van der Waals surface area contributed by atoms with Crippen LogP contribution in [-0.2, 0) is 16.6 Å². The van der Waals surface area contributed by atoms with Crippen LogP contribution in [0.3, 0.4) is 0 Å². The van der Waals surface area contributed by atoms with Crippen molar-refractivity contribution in [2.75, 3.05) is 12.4 Å². The molecule has 2 aromatic carbocycles. The Balaban J connectivity index is 2.30. The normalized spacial score (nSPS) is 11.1. The van der Waals surface area contributed by atoms with E-state index in [2.05, 4.69) is 10.0 Å². The summed E-state index contributed by atoms with van der Waals surface area (Å²) in [4.78, 5) is 11.3. The molecule has 0 saturated carbocycles. The van der Waals surface area contributed by atoms with Gasteiger partial charge in [0.2, 0.25) is 10.0 Å². The van der Waals surface area contributed by atoms with E-state index in [9.17, 15) is 18.3 Å². The number of carboxylic acid groups (broad SMARTS) is 1. The van der Waals surface area contributed by atoms with E-state index in [1.807, 2.05) is 30.3 Å². The van der Waals surface area contributed by atoms with Gasteiger partial charge in [0, 0.05) is 12.2 Å². The third-order valence-electron chi connectivity index (χ3n) is 3.13. The van der Waals surface area contributed by atoms with Gasteiger partial charge in [0.05, 0.1) is 10.5 Å². The van der Waals surface area contributed by atoms with Crippen LogP contribution in [0.4, 0.5) is 5.69 Å². The SMILES string of the molecule is CNS(=O)(=O)c1ccc(NCc2ccccc2)c(C(=O)O)c1. The summed E-state index contributed by atoms with van der Waals surface area (Å²) in [5.41, 5.74) is 1.27. The second-order valence-electron chi connectivity index (χ2n) is 4.56. The molecule has 0 unspecified atom stereocenters. The van der Waals surface area contributed by atoms with Crippen molar-refractivity contribution in [2.24, 2.45) is 0 Å². The summed E-state index contributed by atoms with van der Waals surface area (Å²) < 4.78 is 25.6. The molecule has 7 heteroatoms. The van der Waals surface area contributed by atoms with E-state index in [-0.39, 0.29) is 10.5 Å². The molecule has 0 atom stereocenters. The number of benzene rings is 2. The monoisotopic (exact) mass is 320 g/mol. The van der Waals surface area contributed by atoms with Crippen LogP contribution in [0, 0.1) is 0 Å². The highest BCUT2D eigenvalue weighted by Gasteiger charge is 2.17. The van der Waals surface area contributed by atoms with Crippen LogP contribution in [0.1, 0.15) is 15.9 Å². The predicted molar refractivity (Wildman–Crippen MR) is 83.4 cm³/mol. The van der Waals surface area contributed by atoms with Crippen molar-refractivity contribution in [3.8, 4) is 0 Å². The summed E-state index contributed by atoms with van der Waals surface area (Å²) >= 11 is 0. The van der Waals surface area contributed by atoms with E-state index >= 15 is 0 Å². The van der Waals surface area contributed by atoms with Crippen LogP contribution in [0.15, 0.2) is 53.4 Å². The lowest BCUT2D eigenvalue weighted by Crippen LogP contribution is -2.19. The standard InChI is InChI=1S/C15H16N2O4S/c1-16-22(20,21)12-7-8-14(13(9-12)15(18)19)17-10-11-5-3-2-4-6-11/h2-9,16-17H,10H2,1H3,(H,18,19). The molecule has 0 aliphatic carbocycles. The van der Waals surface area contributed by atoms with Crippen molar-refractivity contribution in [1.82, 2.24) is 4.72 Å². The Labute approximate surface area is 128 Å². The van der Waals surface area contributed by atoms with Gasteiger partial charge < -0.3 is 10.4 Å². The van der Waals surface area contributed by atoms with Gasteiger partial charge in [-0.25, -0.2) is 17.9 Å². The van der Waals surface area contributed by atoms with Crippen molar-refractivity contribution in [2.45, 2.75) is 11.4 Å². The molecule has 6 nitrogen and oxygen atoms in total. The molecule has 0 fully saturated rings. The first-order valence-electron chi connectivity index (χ1n) is 6.53. The minimum atomic E-state index is -3.68. The maximum atomic E-state index is 11.7. The Hall–Kier alpha value is -2.38. The summed E-state index contributed by atoms with van der Waals surface area (Å²) in [7, 11) is -2.40. The van der Waals surface area contributed by atoms with Gasteiger partial charge in [0.1, 0.15) is 0 Å². The number of anilines is 1. The molecule has 0 saturated heterocycles. The Morgan fingerprint density at radius 3 is 2.41 bits per heavy atom. The smallest absolute Gasteiger partial charge is 0.337 e. The molecule has 22 heavy (non-hydrogen) atoms. The number of rotatable bonds is 6. The Morgan fingerprint density at radius 1 is 1.14 bits per heavy atom. The lowest BCUT2D eigenvalue weighted by Gasteiger charge is -2.11. The average Bonchev–Trinajstić information content (AvgIpc) is 2.53. The number of hydrogen-bond donors (Lipinski definition) is 3. The second kappa shape index (κ2) is 6.59. The minimum Gasteiger partial charge on any atom is -0.478 e. The first-order chi connectivity index (χ1) is 10.4. The van der Waals surface area contributed by atoms with Crippen LogP contribution in [0.5, 0.6) is 0 Å². The van der Waals surface area contributed by atoms with Crippen LogP contribution in [-0.4, -0.2) is 26.5 Å². The molecule has 116 valence electrons. The fraction of sp³-hybridized carbons (Fsp3) is 0.133. The lowest BCUT2D eigenvalue weighted by atomic mass is 10.1. The minimum absolute atomic E-state index is 0.0855. The fourth-order valence-corrected chi connectivity index (χ4v) is 2.69. The van der Waals surface area contributed by atoms with Crippen molar-refractivity contribution < 1.29 is 18.3 Å². The van der Waals surface area contributed by atoms with Crippen LogP contribution < -0.4 is 10.0 Å². The molecule has 0 aliphatic rings. The summed E-state index contributed by atoms with van der Waals surface area (Å²) in [5, 5.41) is 12.3. The zero-order valence-electron chi connectivity index (χ0n) is 11.9. The number of nitrogens with one attached hydrogen (secondary N) is 2. The molecular weight excluding hydrogens is 304 g/mol. The van der Waals surface area contributed by atoms with Gasteiger partial charge in [-0.15, -0.1) is 0 Å². The highest BCUT2D eigenvalue weighted by atomic mass is 32.2. The lowest BCUT2D eigenvalue weighted by molar-refractivity contribution is 0.0697. The van der Waals surface area contributed by atoms with Gasteiger partial charge in [-0.1, -0.05) is 30.3 Å². The van der Waals surface area contributed by atoms with Crippen molar-refractivity contribution in [3.63, 3.8) is 0 Å². The van der Waals surface area contributed by atoms with E-state index in [1.165, 1.54) is 19.2 Å². The third-order valence-corrected chi connectivity index (χ3v) is 4.54. The highest BCUT2D eigenvalue weighted by molar-refractivity contribution is 7.89. The zero-order chi connectivity index (χ0) is 16.2. The number of aromatic carboxylic acids is 1. The maximum absolute atomic E-state index is 11.7. The molecule has 0 amide bonds. The Kier molecular flexibility index (Phi) is 4.79. The molecular formula is C15H16N2O4S. The summed E-state index contributed by atoms with van der Waals surface area (Å²) in [6, 6.07) is 13.4. The molecule has 2 aromatic rings. The molecule has 3 N–H and O–H groups in total. The molecule has 0 radical (unpaired) electrons. The van der Waals surface area contributed by atoms with Crippen molar-refractivity contribution >= 4 is 21.7 Å². The molecule has 0 bridgehead atoms. The number of hydrogen-bond acceptors (Lipinski definition) is 4. The number of carbonyl (C=O) groups is 1. The van der Waals surface area contributed by atoms with Crippen LogP contribution in [0.25, 0.3) is 0 Å². The average molecular weight is 320 g/mol. The van der Waals surface area contributed by atoms with Crippen LogP contribution >= 0.6 is 0 Å². The van der Waals surface area contributed by atoms with E-state index in [0.29, 0.717) is 12.2 Å².